The fourth-order valence-corrected chi connectivity index (χ4v) is 2.26. The Balaban J connectivity index is 2.16. The number of nitrogens with zero attached hydrogens (tertiary/aromatic N) is 1. The molecule has 0 atom stereocenters. The summed E-state index contributed by atoms with van der Waals surface area (Å²) >= 11 is 0. The summed E-state index contributed by atoms with van der Waals surface area (Å²) in [6.07, 6.45) is 0. The van der Waals surface area contributed by atoms with Crippen molar-refractivity contribution in [3.8, 4) is 5.75 Å². The van der Waals surface area contributed by atoms with Gasteiger partial charge in [-0.3, -0.25) is 0 Å². The highest BCUT2D eigenvalue weighted by Crippen LogP contribution is 2.22. The van der Waals surface area contributed by atoms with Crippen LogP contribution < -0.4 is 15.4 Å². The first-order chi connectivity index (χ1) is 10.6. The Morgan fingerprint density at radius 3 is 2.55 bits per heavy atom. The number of benzene rings is 2. The van der Waals surface area contributed by atoms with Crippen molar-refractivity contribution >= 4 is 16.7 Å². The Hall–Kier alpha value is -2.23. The van der Waals surface area contributed by atoms with Crippen LogP contribution in [0.4, 0.5) is 0 Å². The zero-order valence-electron chi connectivity index (χ0n) is 13.8. The lowest BCUT2D eigenvalue weighted by Gasteiger charge is -2.14. The van der Waals surface area contributed by atoms with E-state index in [2.05, 4.69) is 60.7 Å². The lowest BCUT2D eigenvalue weighted by Crippen LogP contribution is -2.40. The van der Waals surface area contributed by atoms with Crippen molar-refractivity contribution in [1.29, 1.82) is 0 Å². The van der Waals surface area contributed by atoms with E-state index in [0.717, 1.165) is 18.3 Å². The molecule has 0 amide bonds. The van der Waals surface area contributed by atoms with E-state index in [4.69, 9.17) is 4.74 Å². The van der Waals surface area contributed by atoms with Crippen LogP contribution in [-0.2, 0) is 6.54 Å². The van der Waals surface area contributed by atoms with Gasteiger partial charge in [0, 0.05) is 12.6 Å². The number of ether oxygens (including phenoxy) is 1. The van der Waals surface area contributed by atoms with E-state index < -0.39 is 0 Å². The summed E-state index contributed by atoms with van der Waals surface area (Å²) in [6, 6.07) is 12.9. The quantitative estimate of drug-likeness (QED) is 0.657. The molecule has 0 aliphatic rings. The van der Waals surface area contributed by atoms with E-state index >= 15 is 0 Å². The number of rotatable bonds is 5. The second kappa shape index (κ2) is 7.69. The molecule has 2 rings (SSSR count). The van der Waals surface area contributed by atoms with Crippen LogP contribution in [0.1, 0.15) is 26.3 Å². The van der Waals surface area contributed by atoms with Crippen LogP contribution >= 0.6 is 0 Å². The topological polar surface area (TPSA) is 45.7 Å². The van der Waals surface area contributed by atoms with Crippen molar-refractivity contribution in [3.63, 3.8) is 0 Å². The van der Waals surface area contributed by atoms with Crippen LogP contribution in [-0.4, -0.2) is 25.7 Å². The molecule has 0 saturated heterocycles. The van der Waals surface area contributed by atoms with Gasteiger partial charge in [-0.1, -0.05) is 18.2 Å². The van der Waals surface area contributed by atoms with Crippen LogP contribution in [0.2, 0.25) is 0 Å². The largest absolute Gasteiger partial charge is 0.497 e. The molecule has 118 valence electrons. The fourth-order valence-electron chi connectivity index (χ4n) is 2.26. The number of guanidine groups is 1. The van der Waals surface area contributed by atoms with E-state index in [1.54, 1.807) is 7.11 Å². The predicted octanol–water partition coefficient (Wildman–Crippen LogP) is 3.31. The van der Waals surface area contributed by atoms with Gasteiger partial charge in [-0.15, -0.1) is 0 Å². The number of methoxy groups -OCH3 is 1. The monoisotopic (exact) mass is 299 g/mol. The van der Waals surface area contributed by atoms with Gasteiger partial charge in [0.15, 0.2) is 5.96 Å². The third-order valence-electron chi connectivity index (χ3n) is 3.30. The summed E-state index contributed by atoms with van der Waals surface area (Å²) < 4.78 is 5.26. The van der Waals surface area contributed by atoms with Crippen LogP contribution in [0.25, 0.3) is 10.8 Å². The van der Waals surface area contributed by atoms with Crippen LogP contribution in [0.3, 0.4) is 0 Å². The molecule has 0 aliphatic heterocycles. The molecule has 0 spiro atoms. The zero-order valence-corrected chi connectivity index (χ0v) is 13.8. The molecule has 2 aromatic rings. The van der Waals surface area contributed by atoms with Crippen LogP contribution in [0, 0.1) is 0 Å². The minimum Gasteiger partial charge on any atom is -0.497 e. The molecule has 0 aliphatic carbocycles. The minimum absolute atomic E-state index is 0.363. The number of nitrogens with one attached hydrogen (secondary N) is 2. The zero-order chi connectivity index (χ0) is 15.9. The average Bonchev–Trinajstić information content (AvgIpc) is 2.51. The molecule has 4 heteroatoms. The molecular weight excluding hydrogens is 274 g/mol. The van der Waals surface area contributed by atoms with Crippen LogP contribution in [0.5, 0.6) is 5.75 Å². The van der Waals surface area contributed by atoms with Gasteiger partial charge in [0.2, 0.25) is 0 Å². The second-order valence-corrected chi connectivity index (χ2v) is 5.54. The normalized spacial score (nSPS) is 11.8. The maximum atomic E-state index is 5.26. The Morgan fingerprint density at radius 1 is 1.14 bits per heavy atom. The van der Waals surface area contributed by atoms with Crippen molar-refractivity contribution in [2.24, 2.45) is 4.99 Å². The summed E-state index contributed by atoms with van der Waals surface area (Å²) in [4.78, 5) is 4.63. The molecule has 22 heavy (non-hydrogen) atoms. The Morgan fingerprint density at radius 2 is 1.86 bits per heavy atom. The third-order valence-corrected chi connectivity index (χ3v) is 3.30. The lowest BCUT2D eigenvalue weighted by atomic mass is 10.1. The second-order valence-electron chi connectivity index (χ2n) is 5.54. The van der Waals surface area contributed by atoms with Crippen molar-refractivity contribution in [2.75, 3.05) is 13.7 Å². The molecule has 0 bridgehead atoms. The Kier molecular flexibility index (Phi) is 5.64. The van der Waals surface area contributed by atoms with Crippen molar-refractivity contribution in [3.05, 3.63) is 42.0 Å². The van der Waals surface area contributed by atoms with Gasteiger partial charge >= 0.3 is 0 Å². The lowest BCUT2D eigenvalue weighted by molar-refractivity contribution is 0.415. The van der Waals surface area contributed by atoms with E-state index in [-0.39, 0.29) is 0 Å². The van der Waals surface area contributed by atoms with Gasteiger partial charge in [0.25, 0.3) is 0 Å². The van der Waals surface area contributed by atoms with Crippen molar-refractivity contribution < 1.29 is 4.74 Å². The van der Waals surface area contributed by atoms with Crippen molar-refractivity contribution in [1.82, 2.24) is 10.6 Å². The van der Waals surface area contributed by atoms with E-state index in [9.17, 15) is 0 Å². The summed E-state index contributed by atoms with van der Waals surface area (Å²) in [6.45, 7) is 7.80. The van der Waals surface area contributed by atoms with Crippen molar-refractivity contribution in [2.45, 2.75) is 33.4 Å². The number of hydrogen-bond acceptors (Lipinski definition) is 2. The minimum atomic E-state index is 0.363. The highest BCUT2D eigenvalue weighted by molar-refractivity contribution is 5.84. The molecule has 0 unspecified atom stereocenters. The highest BCUT2D eigenvalue weighted by Gasteiger charge is 2.01. The molecule has 4 nitrogen and oxygen atoms in total. The number of fused-ring (bicyclic) bond motifs is 1. The molecular formula is C18H25N3O. The first kappa shape index (κ1) is 16.1. The van der Waals surface area contributed by atoms with Gasteiger partial charge in [-0.25, -0.2) is 4.99 Å². The maximum absolute atomic E-state index is 5.26. The standard InChI is InChI=1S/C18H25N3O/c1-5-19-18(21-13(2)3)20-12-14-6-7-16-11-17(22-4)9-8-15(16)10-14/h6-11,13H,5,12H2,1-4H3,(H2,19,20,21). The van der Waals surface area contributed by atoms with Gasteiger partial charge in [0.05, 0.1) is 13.7 Å². The highest BCUT2D eigenvalue weighted by atomic mass is 16.5. The third kappa shape index (κ3) is 4.38. The SMILES string of the molecule is CCNC(=NCc1ccc2cc(OC)ccc2c1)NC(C)C. The summed E-state index contributed by atoms with van der Waals surface area (Å²) in [5.74, 6) is 1.74. The van der Waals surface area contributed by atoms with Crippen LogP contribution in [0.15, 0.2) is 41.4 Å². The van der Waals surface area contributed by atoms with Gasteiger partial charge in [-0.05, 0) is 55.3 Å². The smallest absolute Gasteiger partial charge is 0.191 e. The van der Waals surface area contributed by atoms with E-state index in [1.165, 1.54) is 16.3 Å². The van der Waals surface area contributed by atoms with Gasteiger partial charge < -0.3 is 15.4 Å². The van der Waals surface area contributed by atoms with Gasteiger partial charge in [-0.2, -0.15) is 0 Å². The Bertz CT molecular complexity index is 650. The molecule has 0 radical (unpaired) electrons. The molecule has 0 heterocycles. The first-order valence-electron chi connectivity index (χ1n) is 7.74. The molecule has 0 fully saturated rings. The number of hydrogen-bond donors (Lipinski definition) is 2. The van der Waals surface area contributed by atoms with E-state index in [0.29, 0.717) is 12.6 Å². The average molecular weight is 299 g/mol. The summed E-state index contributed by atoms with van der Waals surface area (Å²) in [5.41, 5.74) is 1.19. The fraction of sp³-hybridized carbons (Fsp3) is 0.389. The summed E-state index contributed by atoms with van der Waals surface area (Å²) in [7, 11) is 1.69. The molecule has 0 aromatic heterocycles. The molecule has 2 N–H and O–H groups in total. The number of aliphatic imine (C=N–C) groups is 1. The van der Waals surface area contributed by atoms with Gasteiger partial charge in [0.1, 0.15) is 5.75 Å². The molecule has 0 saturated carbocycles. The first-order valence-corrected chi connectivity index (χ1v) is 7.74. The maximum Gasteiger partial charge on any atom is 0.191 e. The molecule has 2 aromatic carbocycles. The predicted molar refractivity (Wildman–Crippen MR) is 93.6 cm³/mol. The van der Waals surface area contributed by atoms with E-state index in [1.807, 2.05) is 12.1 Å². The Labute approximate surface area is 132 Å². The summed E-state index contributed by atoms with van der Waals surface area (Å²) in [5, 5.41) is 8.97.